The van der Waals surface area contributed by atoms with Crippen LogP contribution in [0.2, 0.25) is 5.02 Å². The average Bonchev–Trinajstić information content (AvgIpc) is 3.05. The van der Waals surface area contributed by atoms with Gasteiger partial charge >= 0.3 is 6.03 Å². The Kier molecular flexibility index (Phi) is 7.74. The lowest BCUT2D eigenvalue weighted by Gasteiger charge is -2.42. The van der Waals surface area contributed by atoms with Crippen molar-refractivity contribution < 1.29 is 23.9 Å². The number of hydrogen-bond acceptors (Lipinski definition) is 6. The van der Waals surface area contributed by atoms with Gasteiger partial charge in [0.05, 0.1) is 18.7 Å². The molecule has 3 atom stereocenters. The highest BCUT2D eigenvalue weighted by Crippen LogP contribution is 2.35. The molecule has 0 aromatic heterocycles. The predicted octanol–water partition coefficient (Wildman–Crippen LogP) is 2.20. The SMILES string of the molecule is CCc1cc(N2CCN(C(=O)C(C)CC3(COC)NC(=O)NC3=O)C[C@@H]2C)cc(OC)c1Cl. The van der Waals surface area contributed by atoms with E-state index < -0.39 is 23.4 Å². The average molecular weight is 481 g/mol. The lowest BCUT2D eigenvalue weighted by atomic mass is 9.87. The predicted molar refractivity (Wildman–Crippen MR) is 126 cm³/mol. The summed E-state index contributed by atoms with van der Waals surface area (Å²) in [6.45, 7) is 7.68. The molecule has 9 nitrogen and oxygen atoms in total. The Morgan fingerprint density at radius 1 is 1.30 bits per heavy atom. The first kappa shape index (κ1) is 25.1. The van der Waals surface area contributed by atoms with Crippen molar-refractivity contribution in [1.82, 2.24) is 15.5 Å². The fourth-order valence-electron chi connectivity index (χ4n) is 4.75. The first-order valence-corrected chi connectivity index (χ1v) is 11.6. The minimum absolute atomic E-state index is 0.00450. The number of benzene rings is 1. The number of imide groups is 1. The molecule has 2 saturated heterocycles. The molecule has 33 heavy (non-hydrogen) atoms. The Hall–Kier alpha value is -2.52. The molecule has 182 valence electrons. The summed E-state index contributed by atoms with van der Waals surface area (Å²) in [6, 6.07) is 3.53. The zero-order valence-corrected chi connectivity index (χ0v) is 20.6. The third-order valence-electron chi connectivity index (χ3n) is 6.45. The van der Waals surface area contributed by atoms with Crippen LogP contribution in [0.5, 0.6) is 5.75 Å². The second-order valence-electron chi connectivity index (χ2n) is 8.83. The fraction of sp³-hybridized carbons (Fsp3) is 0.609. The van der Waals surface area contributed by atoms with Crippen molar-refractivity contribution in [2.24, 2.45) is 5.92 Å². The van der Waals surface area contributed by atoms with E-state index in [0.29, 0.717) is 30.4 Å². The first-order valence-electron chi connectivity index (χ1n) is 11.2. The molecule has 0 radical (unpaired) electrons. The van der Waals surface area contributed by atoms with Gasteiger partial charge in [-0.2, -0.15) is 0 Å². The quantitative estimate of drug-likeness (QED) is 0.553. The molecule has 0 bridgehead atoms. The molecule has 10 heteroatoms. The molecule has 2 fully saturated rings. The first-order chi connectivity index (χ1) is 15.7. The number of nitrogens with one attached hydrogen (secondary N) is 2. The number of piperazine rings is 1. The van der Waals surface area contributed by atoms with Gasteiger partial charge in [0.25, 0.3) is 5.91 Å². The molecule has 2 N–H and O–H groups in total. The van der Waals surface area contributed by atoms with E-state index >= 15 is 0 Å². The van der Waals surface area contributed by atoms with Gasteiger partial charge in [0, 0.05) is 50.5 Å². The van der Waals surface area contributed by atoms with Crippen LogP contribution in [-0.4, -0.2) is 74.8 Å². The molecule has 2 aliphatic rings. The maximum Gasteiger partial charge on any atom is 0.322 e. The van der Waals surface area contributed by atoms with E-state index in [-0.39, 0.29) is 25.0 Å². The molecule has 0 saturated carbocycles. The number of ether oxygens (including phenoxy) is 2. The van der Waals surface area contributed by atoms with Crippen LogP contribution >= 0.6 is 11.6 Å². The number of amides is 4. The number of urea groups is 1. The Labute approximate surface area is 199 Å². The number of halogens is 1. The molecule has 2 heterocycles. The van der Waals surface area contributed by atoms with Crippen LogP contribution in [0.1, 0.15) is 32.8 Å². The molecule has 4 amide bonds. The summed E-state index contributed by atoms with van der Waals surface area (Å²) in [5, 5.41) is 5.53. The number of carbonyl (C=O) groups excluding carboxylic acids is 3. The molecule has 0 aliphatic carbocycles. The Morgan fingerprint density at radius 2 is 2.03 bits per heavy atom. The lowest BCUT2D eigenvalue weighted by molar-refractivity contribution is -0.137. The molecular formula is C23H33ClN4O5. The van der Waals surface area contributed by atoms with Gasteiger partial charge in [-0.15, -0.1) is 0 Å². The summed E-state index contributed by atoms with van der Waals surface area (Å²) in [6.07, 6.45) is 0.959. The summed E-state index contributed by atoms with van der Waals surface area (Å²) in [7, 11) is 3.07. The Morgan fingerprint density at radius 3 is 2.58 bits per heavy atom. The zero-order valence-electron chi connectivity index (χ0n) is 19.9. The largest absolute Gasteiger partial charge is 0.495 e. The van der Waals surface area contributed by atoms with Crippen LogP contribution < -0.4 is 20.3 Å². The third kappa shape index (κ3) is 5.04. The van der Waals surface area contributed by atoms with Crippen molar-refractivity contribution in [2.75, 3.05) is 45.4 Å². The number of rotatable bonds is 8. The second kappa shape index (κ2) is 10.2. The van der Waals surface area contributed by atoms with Gasteiger partial charge in [0.15, 0.2) is 0 Å². The second-order valence-corrected chi connectivity index (χ2v) is 9.21. The van der Waals surface area contributed by atoms with Crippen LogP contribution in [0.15, 0.2) is 12.1 Å². The lowest BCUT2D eigenvalue weighted by Crippen LogP contribution is -2.57. The van der Waals surface area contributed by atoms with Crippen molar-refractivity contribution in [3.63, 3.8) is 0 Å². The van der Waals surface area contributed by atoms with Crippen LogP contribution in [0, 0.1) is 5.92 Å². The molecule has 0 spiro atoms. The normalized spacial score (nSPS) is 23.9. The number of nitrogens with zero attached hydrogens (tertiary/aromatic N) is 2. The summed E-state index contributed by atoms with van der Waals surface area (Å²) in [5.41, 5.74) is 0.806. The van der Waals surface area contributed by atoms with E-state index in [0.717, 1.165) is 17.7 Å². The summed E-state index contributed by atoms with van der Waals surface area (Å²) in [5.74, 6) is -0.333. The topological polar surface area (TPSA) is 100 Å². The number of methoxy groups -OCH3 is 2. The van der Waals surface area contributed by atoms with E-state index in [1.165, 1.54) is 7.11 Å². The van der Waals surface area contributed by atoms with Gasteiger partial charge in [-0.25, -0.2) is 4.79 Å². The molecular weight excluding hydrogens is 448 g/mol. The van der Waals surface area contributed by atoms with Crippen LogP contribution in [0.4, 0.5) is 10.5 Å². The molecule has 1 aromatic rings. The highest BCUT2D eigenvalue weighted by atomic mass is 35.5. The van der Waals surface area contributed by atoms with Crippen LogP contribution in [-0.2, 0) is 20.7 Å². The van der Waals surface area contributed by atoms with E-state index in [9.17, 15) is 14.4 Å². The highest BCUT2D eigenvalue weighted by molar-refractivity contribution is 6.33. The van der Waals surface area contributed by atoms with E-state index in [4.69, 9.17) is 21.1 Å². The maximum absolute atomic E-state index is 13.2. The van der Waals surface area contributed by atoms with Crippen molar-refractivity contribution in [1.29, 1.82) is 0 Å². The monoisotopic (exact) mass is 480 g/mol. The molecule has 2 aliphatic heterocycles. The van der Waals surface area contributed by atoms with Crippen molar-refractivity contribution in [2.45, 2.75) is 45.2 Å². The minimum atomic E-state index is -1.23. The van der Waals surface area contributed by atoms with Gasteiger partial charge in [-0.05, 0) is 31.4 Å². The van der Waals surface area contributed by atoms with Crippen LogP contribution in [0.25, 0.3) is 0 Å². The Bertz CT molecular complexity index is 901. The zero-order chi connectivity index (χ0) is 24.3. The van der Waals surface area contributed by atoms with Gasteiger partial charge in [-0.3, -0.25) is 14.9 Å². The standard InChI is InChI=1S/C23H33ClN4O5/c1-6-16-9-17(10-18(33-5)19(16)24)28-8-7-27(12-15(28)3)20(29)14(2)11-23(13-32-4)21(30)25-22(31)26-23/h9-10,14-15H,6-8,11-13H2,1-5H3,(H2,25,26,30,31)/t14?,15-,23?/m0/s1. The third-order valence-corrected chi connectivity index (χ3v) is 6.88. The van der Waals surface area contributed by atoms with Gasteiger partial charge in [0.1, 0.15) is 11.3 Å². The number of aryl methyl sites for hydroxylation is 1. The van der Waals surface area contributed by atoms with Gasteiger partial charge < -0.3 is 24.6 Å². The molecule has 1 aromatic carbocycles. The van der Waals surface area contributed by atoms with Gasteiger partial charge in [0.2, 0.25) is 5.91 Å². The Balaban J connectivity index is 1.70. The molecule has 3 rings (SSSR count). The van der Waals surface area contributed by atoms with Crippen molar-refractivity contribution in [3.8, 4) is 5.75 Å². The van der Waals surface area contributed by atoms with Crippen LogP contribution in [0.3, 0.4) is 0 Å². The summed E-state index contributed by atoms with van der Waals surface area (Å²) >= 11 is 6.42. The highest BCUT2D eigenvalue weighted by Gasteiger charge is 2.48. The maximum atomic E-state index is 13.2. The van der Waals surface area contributed by atoms with E-state index in [1.807, 2.05) is 11.0 Å². The molecule has 2 unspecified atom stereocenters. The summed E-state index contributed by atoms with van der Waals surface area (Å²) in [4.78, 5) is 41.4. The number of carbonyl (C=O) groups is 3. The van der Waals surface area contributed by atoms with E-state index in [2.05, 4.69) is 35.4 Å². The smallest absolute Gasteiger partial charge is 0.322 e. The summed E-state index contributed by atoms with van der Waals surface area (Å²) < 4.78 is 10.6. The van der Waals surface area contributed by atoms with Gasteiger partial charge in [-0.1, -0.05) is 25.4 Å². The number of anilines is 1. The van der Waals surface area contributed by atoms with Crippen molar-refractivity contribution in [3.05, 3.63) is 22.7 Å². The number of hydrogen-bond donors (Lipinski definition) is 2. The van der Waals surface area contributed by atoms with E-state index in [1.54, 1.807) is 14.0 Å². The minimum Gasteiger partial charge on any atom is -0.495 e. The van der Waals surface area contributed by atoms with Crippen molar-refractivity contribution >= 4 is 35.1 Å². The fourth-order valence-corrected chi connectivity index (χ4v) is 5.07.